The molecule has 0 saturated carbocycles. The first-order valence-electron chi connectivity index (χ1n) is 9.19. The first kappa shape index (κ1) is 18.0. The van der Waals surface area contributed by atoms with Crippen LogP contribution in [0.5, 0.6) is 5.75 Å². The molecule has 6 nitrogen and oxygen atoms in total. The monoisotopic (exact) mass is 368 g/mol. The molecule has 1 fully saturated rings. The summed E-state index contributed by atoms with van der Waals surface area (Å²) in [6.07, 6.45) is 4.33. The lowest BCUT2D eigenvalue weighted by Crippen LogP contribution is -2.35. The predicted octanol–water partition coefficient (Wildman–Crippen LogP) is 2.67. The molecule has 2 N–H and O–H groups in total. The molecule has 1 aliphatic heterocycles. The number of benzene rings is 1. The van der Waals surface area contributed by atoms with Crippen LogP contribution in [0.3, 0.4) is 0 Å². The van der Waals surface area contributed by atoms with Crippen LogP contribution < -0.4 is 4.74 Å². The van der Waals surface area contributed by atoms with E-state index in [0.717, 1.165) is 28.8 Å². The number of aromatic nitrogens is 2. The van der Waals surface area contributed by atoms with Crippen LogP contribution in [-0.2, 0) is 11.2 Å². The molecule has 27 heavy (non-hydrogen) atoms. The number of pyridine rings is 1. The number of hydrogen-bond acceptors (Lipinski definition) is 5. The summed E-state index contributed by atoms with van der Waals surface area (Å²) in [5, 5.41) is 20.7. The number of methoxy groups -OCH3 is 1. The first-order chi connectivity index (χ1) is 13.2. The second kappa shape index (κ2) is 7.68. The minimum absolute atomic E-state index is 0.0983. The molecule has 0 spiro atoms. The van der Waals surface area contributed by atoms with Gasteiger partial charge in [0.15, 0.2) is 0 Å². The minimum Gasteiger partial charge on any atom is -0.497 e. The molecular weight excluding hydrogens is 344 g/mol. The van der Waals surface area contributed by atoms with Gasteiger partial charge < -0.3 is 24.3 Å². The Morgan fingerprint density at radius 1 is 1.22 bits per heavy atom. The second-order valence-electron chi connectivity index (χ2n) is 6.98. The van der Waals surface area contributed by atoms with Gasteiger partial charge in [-0.15, -0.1) is 0 Å². The average Bonchev–Trinajstić information content (AvgIpc) is 3.07. The number of aliphatic hydroxyl groups is 2. The molecule has 3 heterocycles. The molecule has 1 aliphatic rings. The van der Waals surface area contributed by atoms with Gasteiger partial charge in [0, 0.05) is 30.6 Å². The zero-order chi connectivity index (χ0) is 18.8. The normalized spacial score (nSPS) is 22.9. The summed E-state index contributed by atoms with van der Waals surface area (Å²) >= 11 is 0. The number of ether oxygens (including phenoxy) is 2. The van der Waals surface area contributed by atoms with E-state index in [0.29, 0.717) is 12.8 Å². The molecule has 0 bridgehead atoms. The fourth-order valence-corrected chi connectivity index (χ4v) is 3.74. The molecule has 1 aromatic carbocycles. The van der Waals surface area contributed by atoms with Gasteiger partial charge in [-0.2, -0.15) is 0 Å². The maximum atomic E-state index is 10.2. The number of rotatable bonds is 5. The highest BCUT2D eigenvalue weighted by Gasteiger charge is 2.30. The van der Waals surface area contributed by atoms with Gasteiger partial charge in [-0.05, 0) is 41.8 Å². The molecule has 4 rings (SSSR count). The van der Waals surface area contributed by atoms with Gasteiger partial charge in [-0.25, -0.2) is 4.98 Å². The van der Waals surface area contributed by atoms with Crippen molar-refractivity contribution < 1.29 is 19.7 Å². The molecule has 0 unspecified atom stereocenters. The van der Waals surface area contributed by atoms with Crippen LogP contribution in [0.25, 0.3) is 11.0 Å². The zero-order valence-corrected chi connectivity index (χ0v) is 15.3. The smallest absolute Gasteiger partial charge is 0.142 e. The van der Waals surface area contributed by atoms with E-state index in [-0.39, 0.29) is 18.9 Å². The Morgan fingerprint density at radius 3 is 2.78 bits per heavy atom. The van der Waals surface area contributed by atoms with Crippen molar-refractivity contribution in [3.63, 3.8) is 0 Å². The first-order valence-corrected chi connectivity index (χ1v) is 9.19. The van der Waals surface area contributed by atoms with E-state index in [9.17, 15) is 10.2 Å². The highest BCUT2D eigenvalue weighted by atomic mass is 16.5. The van der Waals surface area contributed by atoms with E-state index >= 15 is 0 Å². The summed E-state index contributed by atoms with van der Waals surface area (Å²) in [7, 11) is 1.66. The summed E-state index contributed by atoms with van der Waals surface area (Å²) in [4.78, 5) is 4.54. The molecule has 6 heteroatoms. The van der Waals surface area contributed by atoms with Crippen molar-refractivity contribution in [1.29, 1.82) is 0 Å². The summed E-state index contributed by atoms with van der Waals surface area (Å²) < 4.78 is 13.2. The largest absolute Gasteiger partial charge is 0.497 e. The fourth-order valence-electron chi connectivity index (χ4n) is 3.74. The molecule has 2 aromatic heterocycles. The van der Waals surface area contributed by atoms with Crippen molar-refractivity contribution in [3.05, 3.63) is 59.9 Å². The van der Waals surface area contributed by atoms with E-state index in [1.54, 1.807) is 13.3 Å². The van der Waals surface area contributed by atoms with Gasteiger partial charge in [-0.1, -0.05) is 12.1 Å². The molecule has 3 atom stereocenters. The number of hydrogen-bond donors (Lipinski definition) is 2. The van der Waals surface area contributed by atoms with Crippen LogP contribution in [0.2, 0.25) is 0 Å². The van der Waals surface area contributed by atoms with Crippen LogP contribution in [0.4, 0.5) is 0 Å². The molecule has 142 valence electrons. The maximum absolute atomic E-state index is 10.2. The van der Waals surface area contributed by atoms with E-state index in [1.165, 1.54) is 5.56 Å². The van der Waals surface area contributed by atoms with Crippen molar-refractivity contribution in [2.75, 3.05) is 13.7 Å². The van der Waals surface area contributed by atoms with Gasteiger partial charge in [-0.3, -0.25) is 0 Å². The van der Waals surface area contributed by atoms with Gasteiger partial charge in [0.05, 0.1) is 25.9 Å². The van der Waals surface area contributed by atoms with Crippen LogP contribution in [0, 0.1) is 0 Å². The lowest BCUT2D eigenvalue weighted by atomic mass is 10.0. The summed E-state index contributed by atoms with van der Waals surface area (Å²) in [6.45, 7) is -0.0983. The third kappa shape index (κ3) is 3.69. The molecule has 0 radical (unpaired) electrons. The fraction of sp³-hybridized carbons (Fsp3) is 0.381. The number of nitrogens with zero attached hydrogens (tertiary/aromatic N) is 2. The Balaban J connectivity index is 1.68. The predicted molar refractivity (Wildman–Crippen MR) is 102 cm³/mol. The van der Waals surface area contributed by atoms with Crippen LogP contribution >= 0.6 is 0 Å². The SMILES string of the molecule is COc1ccc(Cc2cn([C@H]3C[C@@H](O)C[C@@H](CO)O3)c3ncccc23)cc1. The number of aliphatic hydroxyl groups excluding tert-OH is 2. The molecule has 1 saturated heterocycles. The average molecular weight is 368 g/mol. The van der Waals surface area contributed by atoms with Crippen molar-refractivity contribution in [2.24, 2.45) is 0 Å². The Kier molecular flexibility index (Phi) is 5.11. The highest BCUT2D eigenvalue weighted by molar-refractivity contribution is 5.80. The molecule has 3 aromatic rings. The van der Waals surface area contributed by atoms with Crippen LogP contribution in [0.1, 0.15) is 30.2 Å². The second-order valence-corrected chi connectivity index (χ2v) is 6.98. The van der Waals surface area contributed by atoms with Crippen LogP contribution in [-0.4, -0.2) is 45.7 Å². The van der Waals surface area contributed by atoms with Crippen molar-refractivity contribution >= 4 is 11.0 Å². The zero-order valence-electron chi connectivity index (χ0n) is 15.3. The van der Waals surface area contributed by atoms with Crippen molar-refractivity contribution in [2.45, 2.75) is 37.7 Å². The summed E-state index contributed by atoms with van der Waals surface area (Å²) in [6, 6.07) is 12.0. The Labute approximate surface area is 158 Å². The Hall–Kier alpha value is -2.41. The Bertz CT molecular complexity index is 906. The van der Waals surface area contributed by atoms with Gasteiger partial charge in [0.25, 0.3) is 0 Å². The van der Waals surface area contributed by atoms with E-state index in [2.05, 4.69) is 29.4 Å². The maximum Gasteiger partial charge on any atom is 0.142 e. The molecule has 0 amide bonds. The van der Waals surface area contributed by atoms with Crippen LogP contribution in [0.15, 0.2) is 48.8 Å². The topological polar surface area (TPSA) is 76.7 Å². The summed E-state index contributed by atoms with van der Waals surface area (Å²) in [5.74, 6) is 0.836. The van der Waals surface area contributed by atoms with E-state index < -0.39 is 6.10 Å². The van der Waals surface area contributed by atoms with Gasteiger partial charge in [0.1, 0.15) is 17.6 Å². The molecule has 0 aliphatic carbocycles. The quantitative estimate of drug-likeness (QED) is 0.724. The highest BCUT2D eigenvalue weighted by Crippen LogP contribution is 2.32. The van der Waals surface area contributed by atoms with Gasteiger partial charge >= 0.3 is 0 Å². The lowest BCUT2D eigenvalue weighted by molar-refractivity contribution is -0.140. The summed E-state index contributed by atoms with van der Waals surface area (Å²) in [5.41, 5.74) is 3.15. The molecular formula is C21H24N2O4. The van der Waals surface area contributed by atoms with E-state index in [4.69, 9.17) is 9.47 Å². The minimum atomic E-state index is -0.493. The van der Waals surface area contributed by atoms with E-state index in [1.807, 2.05) is 22.8 Å². The number of fused-ring (bicyclic) bond motifs is 1. The Morgan fingerprint density at radius 2 is 2.04 bits per heavy atom. The third-order valence-electron chi connectivity index (χ3n) is 5.10. The van der Waals surface area contributed by atoms with Gasteiger partial charge in [0.2, 0.25) is 0 Å². The van der Waals surface area contributed by atoms with Crippen molar-refractivity contribution in [3.8, 4) is 5.75 Å². The third-order valence-corrected chi connectivity index (χ3v) is 5.10. The van der Waals surface area contributed by atoms with Crippen molar-refractivity contribution in [1.82, 2.24) is 9.55 Å². The lowest BCUT2D eigenvalue weighted by Gasteiger charge is -2.33. The standard InChI is InChI=1S/C21H24N2O4/c1-26-17-6-4-14(5-7-17)9-15-12-23(21-19(15)3-2-8-22-21)20-11-16(25)10-18(13-24)27-20/h2-8,12,16,18,20,24-25H,9-11,13H2,1H3/t16-,18-,20+/m0/s1.